The van der Waals surface area contributed by atoms with Gasteiger partial charge in [0, 0.05) is 13.2 Å². The topological polar surface area (TPSA) is 21.3 Å². The highest BCUT2D eigenvalue weighted by Gasteiger charge is 2.22. The predicted molar refractivity (Wildman–Crippen MR) is 53.4 cm³/mol. The van der Waals surface area contributed by atoms with E-state index in [9.17, 15) is 0 Å². The zero-order valence-electron chi connectivity index (χ0n) is 9.05. The zero-order valence-corrected chi connectivity index (χ0v) is 9.05. The standard InChI is InChI=1S/C10H23NO/c1-6-8(3)10(11-4)9(7-2)12-5/h8-11H,6-7H2,1-5H3. The van der Waals surface area contributed by atoms with Crippen molar-refractivity contribution in [3.63, 3.8) is 0 Å². The lowest BCUT2D eigenvalue weighted by molar-refractivity contribution is 0.0495. The lowest BCUT2D eigenvalue weighted by Crippen LogP contribution is -2.43. The summed E-state index contributed by atoms with van der Waals surface area (Å²) in [5.41, 5.74) is 0. The van der Waals surface area contributed by atoms with Crippen molar-refractivity contribution in [1.29, 1.82) is 0 Å². The van der Waals surface area contributed by atoms with Gasteiger partial charge in [0.25, 0.3) is 0 Å². The number of ether oxygens (including phenoxy) is 1. The summed E-state index contributed by atoms with van der Waals surface area (Å²) in [6.45, 7) is 6.65. The molecule has 0 aliphatic heterocycles. The molecule has 0 bridgehead atoms. The van der Waals surface area contributed by atoms with E-state index >= 15 is 0 Å². The average molecular weight is 173 g/mol. The highest BCUT2D eigenvalue weighted by molar-refractivity contribution is 4.78. The highest BCUT2D eigenvalue weighted by Crippen LogP contribution is 2.15. The molecule has 0 fully saturated rings. The molecule has 0 amide bonds. The molecule has 2 nitrogen and oxygen atoms in total. The van der Waals surface area contributed by atoms with Crippen LogP contribution in [0.1, 0.15) is 33.6 Å². The van der Waals surface area contributed by atoms with Gasteiger partial charge in [-0.3, -0.25) is 0 Å². The van der Waals surface area contributed by atoms with E-state index < -0.39 is 0 Å². The minimum atomic E-state index is 0.352. The molecule has 2 heteroatoms. The van der Waals surface area contributed by atoms with Crippen LogP contribution in [0.5, 0.6) is 0 Å². The Morgan fingerprint density at radius 2 is 1.83 bits per heavy atom. The summed E-state index contributed by atoms with van der Waals surface area (Å²) in [6.07, 6.45) is 2.63. The third-order valence-electron chi connectivity index (χ3n) is 2.70. The maximum Gasteiger partial charge on any atom is 0.0724 e. The van der Waals surface area contributed by atoms with Crippen LogP contribution in [0.2, 0.25) is 0 Å². The van der Waals surface area contributed by atoms with E-state index in [0.29, 0.717) is 18.1 Å². The molecule has 0 aliphatic rings. The predicted octanol–water partition coefficient (Wildman–Crippen LogP) is 2.05. The van der Waals surface area contributed by atoms with E-state index in [2.05, 4.69) is 26.1 Å². The van der Waals surface area contributed by atoms with E-state index in [4.69, 9.17) is 4.74 Å². The first-order valence-electron chi connectivity index (χ1n) is 4.91. The van der Waals surface area contributed by atoms with Crippen molar-refractivity contribution in [2.45, 2.75) is 45.8 Å². The molecule has 0 aromatic rings. The second-order valence-corrected chi connectivity index (χ2v) is 3.38. The maximum atomic E-state index is 5.41. The van der Waals surface area contributed by atoms with E-state index in [1.165, 1.54) is 6.42 Å². The Balaban J connectivity index is 4.09. The summed E-state index contributed by atoms with van der Waals surface area (Å²) < 4.78 is 5.41. The Morgan fingerprint density at radius 1 is 1.25 bits per heavy atom. The first kappa shape index (κ1) is 11.9. The summed E-state index contributed by atoms with van der Waals surface area (Å²) >= 11 is 0. The van der Waals surface area contributed by atoms with E-state index in [-0.39, 0.29) is 0 Å². The van der Waals surface area contributed by atoms with Crippen LogP contribution in [0.4, 0.5) is 0 Å². The monoisotopic (exact) mass is 173 g/mol. The van der Waals surface area contributed by atoms with Gasteiger partial charge >= 0.3 is 0 Å². The molecule has 0 saturated carbocycles. The van der Waals surface area contributed by atoms with Crippen LogP contribution in [-0.2, 0) is 4.74 Å². The summed E-state index contributed by atoms with van der Waals surface area (Å²) in [5.74, 6) is 0.680. The number of hydrogen-bond donors (Lipinski definition) is 1. The van der Waals surface area contributed by atoms with Crippen LogP contribution < -0.4 is 5.32 Å². The normalized spacial score (nSPS) is 18.8. The Labute approximate surface area is 76.7 Å². The van der Waals surface area contributed by atoms with Crippen molar-refractivity contribution in [2.24, 2.45) is 5.92 Å². The molecular weight excluding hydrogens is 150 g/mol. The molecule has 0 radical (unpaired) electrons. The molecule has 74 valence electrons. The quantitative estimate of drug-likeness (QED) is 0.663. The van der Waals surface area contributed by atoms with Crippen molar-refractivity contribution in [2.75, 3.05) is 14.2 Å². The number of likely N-dealkylation sites (N-methyl/N-ethyl adjacent to an activating group) is 1. The van der Waals surface area contributed by atoms with Crippen LogP contribution in [0.25, 0.3) is 0 Å². The summed E-state index contributed by atoms with van der Waals surface area (Å²) in [4.78, 5) is 0. The molecule has 0 aromatic carbocycles. The van der Waals surface area contributed by atoms with Crippen molar-refractivity contribution in [3.8, 4) is 0 Å². The van der Waals surface area contributed by atoms with Crippen LogP contribution in [0.15, 0.2) is 0 Å². The fraction of sp³-hybridized carbons (Fsp3) is 1.00. The van der Waals surface area contributed by atoms with Crippen LogP contribution >= 0.6 is 0 Å². The summed E-state index contributed by atoms with van der Waals surface area (Å²) in [7, 11) is 3.80. The summed E-state index contributed by atoms with van der Waals surface area (Å²) in [5, 5.41) is 3.33. The van der Waals surface area contributed by atoms with Gasteiger partial charge in [-0.05, 0) is 19.4 Å². The number of hydrogen-bond acceptors (Lipinski definition) is 2. The number of nitrogens with one attached hydrogen (secondary N) is 1. The zero-order chi connectivity index (χ0) is 9.56. The first-order valence-corrected chi connectivity index (χ1v) is 4.91. The van der Waals surface area contributed by atoms with Crippen LogP contribution in [0, 0.1) is 5.92 Å². The van der Waals surface area contributed by atoms with E-state index in [1.807, 2.05) is 7.05 Å². The molecule has 1 N–H and O–H groups in total. The second kappa shape index (κ2) is 6.44. The van der Waals surface area contributed by atoms with Gasteiger partial charge in [0.1, 0.15) is 0 Å². The minimum Gasteiger partial charge on any atom is -0.380 e. The van der Waals surface area contributed by atoms with Crippen molar-refractivity contribution < 1.29 is 4.74 Å². The van der Waals surface area contributed by atoms with Gasteiger partial charge in [0.05, 0.1) is 6.10 Å². The molecule has 3 atom stereocenters. The smallest absolute Gasteiger partial charge is 0.0724 e. The van der Waals surface area contributed by atoms with Gasteiger partial charge in [-0.1, -0.05) is 27.2 Å². The molecule has 0 spiro atoms. The molecular formula is C10H23NO. The Morgan fingerprint density at radius 3 is 2.08 bits per heavy atom. The van der Waals surface area contributed by atoms with Crippen molar-refractivity contribution >= 4 is 0 Å². The molecule has 0 heterocycles. The van der Waals surface area contributed by atoms with E-state index in [0.717, 1.165) is 6.42 Å². The Hall–Kier alpha value is -0.0800. The lowest BCUT2D eigenvalue weighted by Gasteiger charge is -2.29. The molecule has 12 heavy (non-hydrogen) atoms. The summed E-state index contributed by atoms with van der Waals surface area (Å²) in [6, 6.07) is 0.491. The second-order valence-electron chi connectivity index (χ2n) is 3.38. The van der Waals surface area contributed by atoms with Gasteiger partial charge in [-0.2, -0.15) is 0 Å². The lowest BCUT2D eigenvalue weighted by atomic mass is 9.93. The fourth-order valence-corrected chi connectivity index (χ4v) is 1.66. The van der Waals surface area contributed by atoms with Gasteiger partial charge in [-0.15, -0.1) is 0 Å². The van der Waals surface area contributed by atoms with Crippen LogP contribution in [0.3, 0.4) is 0 Å². The molecule has 0 saturated heterocycles. The third-order valence-corrected chi connectivity index (χ3v) is 2.70. The van der Waals surface area contributed by atoms with Gasteiger partial charge in [-0.25, -0.2) is 0 Å². The van der Waals surface area contributed by atoms with Crippen molar-refractivity contribution in [1.82, 2.24) is 5.32 Å². The Kier molecular flexibility index (Phi) is 6.39. The average Bonchev–Trinajstić information content (AvgIpc) is 2.12. The maximum absolute atomic E-state index is 5.41. The van der Waals surface area contributed by atoms with Gasteiger partial charge in [0.15, 0.2) is 0 Å². The SMILES string of the molecule is CCC(C)C(NC)C(CC)OC. The van der Waals surface area contributed by atoms with Gasteiger partial charge < -0.3 is 10.1 Å². The molecule has 0 aliphatic carbocycles. The van der Waals surface area contributed by atoms with Crippen molar-refractivity contribution in [3.05, 3.63) is 0 Å². The molecule has 0 rings (SSSR count). The largest absolute Gasteiger partial charge is 0.380 e. The molecule has 0 aromatic heterocycles. The first-order chi connectivity index (χ1) is 5.71. The van der Waals surface area contributed by atoms with Crippen LogP contribution in [-0.4, -0.2) is 26.3 Å². The van der Waals surface area contributed by atoms with E-state index in [1.54, 1.807) is 7.11 Å². The third kappa shape index (κ3) is 3.11. The Bertz CT molecular complexity index is 102. The number of methoxy groups -OCH3 is 1. The number of rotatable bonds is 6. The van der Waals surface area contributed by atoms with Gasteiger partial charge in [0.2, 0.25) is 0 Å². The highest BCUT2D eigenvalue weighted by atomic mass is 16.5. The molecule has 3 unspecified atom stereocenters. The minimum absolute atomic E-state index is 0.352. The fourth-order valence-electron chi connectivity index (χ4n) is 1.66.